The van der Waals surface area contributed by atoms with Gasteiger partial charge < -0.3 is 19.7 Å². The summed E-state index contributed by atoms with van der Waals surface area (Å²) in [5.41, 5.74) is 1.53. The number of rotatable bonds is 7. The highest BCUT2D eigenvalue weighted by Crippen LogP contribution is 2.42. The van der Waals surface area contributed by atoms with Crippen LogP contribution in [0.4, 0.5) is 0 Å². The second kappa shape index (κ2) is 10.0. The number of carbonyl (C=O) groups excluding carboxylic acids is 2. The third kappa shape index (κ3) is 5.58. The third-order valence-corrected chi connectivity index (χ3v) is 5.69. The first kappa shape index (κ1) is 23.6. The number of methoxy groups -OCH3 is 2. The average Bonchev–Trinajstić information content (AvgIpc) is 3.22. The molecule has 3 rings (SSSR count). The minimum atomic E-state index is -0.399. The number of hydrogen-bond acceptors (Lipinski definition) is 5. The molecular formula is C25H33N3O4. The first-order valence-corrected chi connectivity index (χ1v) is 10.9. The molecule has 32 heavy (non-hydrogen) atoms. The molecule has 2 amide bonds. The fourth-order valence-electron chi connectivity index (χ4n) is 4.17. The van der Waals surface area contributed by atoms with E-state index in [1.54, 1.807) is 25.3 Å². The fraction of sp³-hybridized carbons (Fsp3) is 0.480. The van der Waals surface area contributed by atoms with Crippen molar-refractivity contribution in [3.05, 3.63) is 53.9 Å². The lowest BCUT2D eigenvalue weighted by molar-refractivity contribution is -0.132. The Morgan fingerprint density at radius 3 is 2.50 bits per heavy atom. The van der Waals surface area contributed by atoms with Gasteiger partial charge in [-0.05, 0) is 23.6 Å². The number of benzene rings is 1. The molecule has 0 bridgehead atoms. The van der Waals surface area contributed by atoms with Gasteiger partial charge in [0, 0.05) is 37.2 Å². The van der Waals surface area contributed by atoms with Crippen molar-refractivity contribution in [3.63, 3.8) is 0 Å². The molecule has 7 nitrogen and oxygen atoms in total. The van der Waals surface area contributed by atoms with Gasteiger partial charge in [-0.15, -0.1) is 0 Å². The summed E-state index contributed by atoms with van der Waals surface area (Å²) in [6.07, 6.45) is 2.13. The normalized spacial score (nSPS) is 18.3. The minimum absolute atomic E-state index is 0.0596. The van der Waals surface area contributed by atoms with Crippen LogP contribution >= 0.6 is 0 Å². The zero-order valence-electron chi connectivity index (χ0n) is 19.6. The van der Waals surface area contributed by atoms with E-state index in [9.17, 15) is 9.59 Å². The van der Waals surface area contributed by atoms with Crippen LogP contribution in [0, 0.1) is 11.3 Å². The predicted molar refractivity (Wildman–Crippen MR) is 123 cm³/mol. The van der Waals surface area contributed by atoms with Crippen LogP contribution in [0.1, 0.15) is 44.4 Å². The molecule has 0 aliphatic carbocycles. The van der Waals surface area contributed by atoms with Crippen molar-refractivity contribution in [2.45, 2.75) is 39.7 Å². The van der Waals surface area contributed by atoms with Gasteiger partial charge in [0.25, 0.3) is 0 Å². The zero-order chi connectivity index (χ0) is 23.3. The van der Waals surface area contributed by atoms with Gasteiger partial charge in [0.1, 0.15) is 0 Å². The number of para-hydroxylation sites is 1. The highest BCUT2D eigenvalue weighted by molar-refractivity contribution is 5.83. The lowest BCUT2D eigenvalue weighted by Gasteiger charge is -2.23. The quantitative estimate of drug-likeness (QED) is 0.715. The lowest BCUT2D eigenvalue weighted by Crippen LogP contribution is -2.36. The molecule has 0 spiro atoms. The topological polar surface area (TPSA) is 80.8 Å². The van der Waals surface area contributed by atoms with Gasteiger partial charge in [-0.3, -0.25) is 14.6 Å². The molecule has 1 aliphatic rings. The molecule has 172 valence electrons. The summed E-state index contributed by atoms with van der Waals surface area (Å²) in [4.78, 5) is 32.3. The standard InChI is InChI=1S/C25H33N3O4/c1-25(2,3)13-22(29)28-15-19(18-10-8-11-21(31-4)23(18)32-5)20(16-28)24(30)27-14-17-9-6-7-12-26-17/h6-12,19-20H,13-16H2,1-5H3,(H,27,30)/t19-,20+/m1/s1. The molecule has 1 aromatic heterocycles. The highest BCUT2D eigenvalue weighted by Gasteiger charge is 2.42. The number of ether oxygens (including phenoxy) is 2. The van der Waals surface area contributed by atoms with Crippen LogP contribution in [0.15, 0.2) is 42.6 Å². The van der Waals surface area contributed by atoms with Crippen molar-refractivity contribution < 1.29 is 19.1 Å². The van der Waals surface area contributed by atoms with Crippen LogP contribution in [-0.2, 0) is 16.1 Å². The number of nitrogens with one attached hydrogen (secondary N) is 1. The summed E-state index contributed by atoms with van der Waals surface area (Å²) < 4.78 is 11.1. The number of carbonyl (C=O) groups is 2. The highest BCUT2D eigenvalue weighted by atomic mass is 16.5. The third-order valence-electron chi connectivity index (χ3n) is 5.69. The van der Waals surface area contributed by atoms with Crippen molar-refractivity contribution in [2.24, 2.45) is 11.3 Å². The van der Waals surface area contributed by atoms with E-state index in [1.807, 2.05) is 57.2 Å². The van der Waals surface area contributed by atoms with E-state index in [-0.39, 0.29) is 23.1 Å². The second-order valence-corrected chi connectivity index (χ2v) is 9.37. The van der Waals surface area contributed by atoms with Crippen LogP contribution < -0.4 is 14.8 Å². The Labute approximate surface area is 190 Å². The van der Waals surface area contributed by atoms with Crippen LogP contribution in [0.3, 0.4) is 0 Å². The molecule has 1 aromatic carbocycles. The maximum Gasteiger partial charge on any atom is 0.225 e. The minimum Gasteiger partial charge on any atom is -0.493 e. The van der Waals surface area contributed by atoms with Crippen LogP contribution in [0.25, 0.3) is 0 Å². The van der Waals surface area contributed by atoms with Gasteiger partial charge in [0.2, 0.25) is 11.8 Å². The smallest absolute Gasteiger partial charge is 0.225 e. The van der Waals surface area contributed by atoms with Crippen LogP contribution in [-0.4, -0.2) is 49.0 Å². The average molecular weight is 440 g/mol. The number of pyridine rings is 1. The van der Waals surface area contributed by atoms with E-state index in [2.05, 4.69) is 10.3 Å². The predicted octanol–water partition coefficient (Wildman–Crippen LogP) is 3.39. The number of aromatic nitrogens is 1. The summed E-state index contributed by atoms with van der Waals surface area (Å²) in [5.74, 6) is 0.571. The van der Waals surface area contributed by atoms with Gasteiger partial charge in [0.15, 0.2) is 11.5 Å². The van der Waals surface area contributed by atoms with Crippen molar-refractivity contribution >= 4 is 11.8 Å². The van der Waals surface area contributed by atoms with E-state index in [0.29, 0.717) is 37.6 Å². The van der Waals surface area contributed by atoms with Gasteiger partial charge in [-0.25, -0.2) is 0 Å². The number of amides is 2. The summed E-state index contributed by atoms with van der Waals surface area (Å²) >= 11 is 0. The molecule has 1 saturated heterocycles. The Kier molecular flexibility index (Phi) is 7.38. The van der Waals surface area contributed by atoms with E-state index in [4.69, 9.17) is 9.47 Å². The number of likely N-dealkylation sites (tertiary alicyclic amines) is 1. The second-order valence-electron chi connectivity index (χ2n) is 9.37. The summed E-state index contributed by atoms with van der Waals surface area (Å²) in [6.45, 7) is 7.30. The first-order chi connectivity index (χ1) is 15.2. The molecule has 2 aromatic rings. The molecule has 2 atom stereocenters. The Morgan fingerprint density at radius 2 is 1.88 bits per heavy atom. The summed E-state index contributed by atoms with van der Waals surface area (Å²) in [7, 11) is 3.18. The molecule has 0 saturated carbocycles. The van der Waals surface area contributed by atoms with E-state index >= 15 is 0 Å². The van der Waals surface area contributed by atoms with Crippen molar-refractivity contribution in [1.29, 1.82) is 0 Å². The SMILES string of the molecule is COc1cccc([C@H]2CN(C(=O)CC(C)(C)C)C[C@@H]2C(=O)NCc2ccccn2)c1OC. The molecule has 0 radical (unpaired) electrons. The van der Waals surface area contributed by atoms with Gasteiger partial charge >= 0.3 is 0 Å². The molecule has 2 heterocycles. The zero-order valence-corrected chi connectivity index (χ0v) is 19.6. The summed E-state index contributed by atoms with van der Waals surface area (Å²) in [5, 5.41) is 3.00. The van der Waals surface area contributed by atoms with E-state index < -0.39 is 5.92 Å². The molecule has 1 N–H and O–H groups in total. The van der Waals surface area contributed by atoms with Crippen molar-refractivity contribution in [3.8, 4) is 11.5 Å². The van der Waals surface area contributed by atoms with Crippen molar-refractivity contribution in [2.75, 3.05) is 27.3 Å². The molecular weight excluding hydrogens is 406 g/mol. The van der Waals surface area contributed by atoms with Gasteiger partial charge in [-0.2, -0.15) is 0 Å². The van der Waals surface area contributed by atoms with Crippen LogP contribution in [0.5, 0.6) is 11.5 Å². The molecule has 1 fully saturated rings. The Morgan fingerprint density at radius 1 is 1.09 bits per heavy atom. The van der Waals surface area contributed by atoms with E-state index in [1.165, 1.54) is 0 Å². The molecule has 1 aliphatic heterocycles. The Balaban J connectivity index is 1.87. The monoisotopic (exact) mass is 439 g/mol. The number of nitrogens with zero attached hydrogens (tertiary/aromatic N) is 2. The maximum atomic E-state index is 13.3. The van der Waals surface area contributed by atoms with E-state index in [0.717, 1.165) is 11.3 Å². The first-order valence-electron chi connectivity index (χ1n) is 10.9. The van der Waals surface area contributed by atoms with Crippen molar-refractivity contribution in [1.82, 2.24) is 15.2 Å². The van der Waals surface area contributed by atoms with Gasteiger partial charge in [0.05, 0.1) is 32.4 Å². The van der Waals surface area contributed by atoms with Gasteiger partial charge in [-0.1, -0.05) is 39.0 Å². The fourth-order valence-corrected chi connectivity index (χ4v) is 4.17. The molecule has 7 heteroatoms. The number of hydrogen-bond donors (Lipinski definition) is 1. The largest absolute Gasteiger partial charge is 0.493 e. The maximum absolute atomic E-state index is 13.3. The Hall–Kier alpha value is -3.09. The Bertz CT molecular complexity index is 940. The van der Waals surface area contributed by atoms with Crippen LogP contribution in [0.2, 0.25) is 0 Å². The summed E-state index contributed by atoms with van der Waals surface area (Å²) in [6, 6.07) is 11.3. The lowest BCUT2D eigenvalue weighted by atomic mass is 9.87. The molecule has 0 unspecified atom stereocenters.